The Kier molecular flexibility index (Phi) is 3.64. The highest BCUT2D eigenvalue weighted by Crippen LogP contribution is 2.24. The first-order valence-corrected chi connectivity index (χ1v) is 4.07. The summed E-state index contributed by atoms with van der Waals surface area (Å²) < 4.78 is 49.7. The molecule has 0 fully saturated rings. The number of anilines is 1. The fourth-order valence-electron chi connectivity index (χ4n) is 1.01. The summed E-state index contributed by atoms with van der Waals surface area (Å²) in [4.78, 5) is 9.23. The Morgan fingerprint density at radius 3 is 2.19 bits per heavy atom. The number of non-ortho nitro benzene ring substituents is 1. The van der Waals surface area contributed by atoms with Gasteiger partial charge in [-0.3, -0.25) is 10.1 Å². The number of hydrogen-bond acceptors (Lipinski definition) is 3. The Morgan fingerprint density at radius 1 is 1.31 bits per heavy atom. The smallest absolute Gasteiger partial charge is 0.275 e. The summed E-state index contributed by atoms with van der Waals surface area (Å²) in [6.07, 6.45) is -2.78. The summed E-state index contributed by atoms with van der Waals surface area (Å²) in [5, 5.41) is 12.0. The van der Waals surface area contributed by atoms with Gasteiger partial charge in [0.25, 0.3) is 12.1 Å². The molecule has 0 aliphatic heterocycles. The number of benzene rings is 1. The zero-order chi connectivity index (χ0) is 12.3. The number of alkyl halides is 2. The van der Waals surface area contributed by atoms with E-state index in [9.17, 15) is 27.7 Å². The van der Waals surface area contributed by atoms with Gasteiger partial charge in [-0.05, 0) is 0 Å². The van der Waals surface area contributed by atoms with Crippen LogP contribution >= 0.6 is 0 Å². The first-order valence-electron chi connectivity index (χ1n) is 4.07. The standard InChI is InChI=1S/C8H6F4N2O2/c9-5-1-4(14(15)16)2-6(10)8(5)13-3-7(11)12/h1-2,7,13H,3H2. The van der Waals surface area contributed by atoms with E-state index < -0.39 is 40.9 Å². The lowest BCUT2D eigenvalue weighted by Gasteiger charge is -2.07. The Hall–Kier alpha value is -1.86. The minimum Gasteiger partial charge on any atom is -0.375 e. The van der Waals surface area contributed by atoms with Gasteiger partial charge in [-0.2, -0.15) is 0 Å². The molecule has 0 saturated heterocycles. The fourth-order valence-corrected chi connectivity index (χ4v) is 1.01. The third-order valence-electron chi connectivity index (χ3n) is 1.67. The quantitative estimate of drug-likeness (QED) is 0.498. The molecule has 4 nitrogen and oxygen atoms in total. The van der Waals surface area contributed by atoms with Gasteiger partial charge in [0.15, 0.2) is 11.6 Å². The fraction of sp³-hybridized carbons (Fsp3) is 0.250. The molecule has 88 valence electrons. The van der Waals surface area contributed by atoms with E-state index in [0.717, 1.165) is 0 Å². The normalized spacial score (nSPS) is 10.6. The van der Waals surface area contributed by atoms with Crippen LogP contribution in [0, 0.1) is 21.7 Å². The SMILES string of the molecule is O=[N+]([O-])c1cc(F)c(NCC(F)F)c(F)c1. The van der Waals surface area contributed by atoms with Gasteiger partial charge >= 0.3 is 0 Å². The monoisotopic (exact) mass is 238 g/mol. The lowest BCUT2D eigenvalue weighted by Crippen LogP contribution is -2.12. The van der Waals surface area contributed by atoms with Crippen molar-refractivity contribution in [1.82, 2.24) is 0 Å². The Morgan fingerprint density at radius 2 is 1.81 bits per heavy atom. The molecular formula is C8H6F4N2O2. The van der Waals surface area contributed by atoms with Crippen molar-refractivity contribution in [2.75, 3.05) is 11.9 Å². The van der Waals surface area contributed by atoms with Gasteiger partial charge in [-0.15, -0.1) is 0 Å². The third kappa shape index (κ3) is 2.81. The van der Waals surface area contributed by atoms with Crippen LogP contribution in [0.4, 0.5) is 28.9 Å². The maximum absolute atomic E-state index is 13.1. The second kappa shape index (κ2) is 4.77. The number of rotatable bonds is 4. The molecule has 0 aliphatic rings. The summed E-state index contributed by atoms with van der Waals surface area (Å²) in [6.45, 7) is -0.939. The maximum Gasteiger partial charge on any atom is 0.275 e. The van der Waals surface area contributed by atoms with E-state index in [1.807, 2.05) is 5.32 Å². The van der Waals surface area contributed by atoms with Crippen LogP contribution in [0.1, 0.15) is 0 Å². The van der Waals surface area contributed by atoms with Gasteiger partial charge < -0.3 is 5.32 Å². The van der Waals surface area contributed by atoms with Crippen LogP contribution < -0.4 is 5.32 Å². The molecule has 1 aromatic carbocycles. The van der Waals surface area contributed by atoms with Gasteiger partial charge in [-0.25, -0.2) is 17.6 Å². The van der Waals surface area contributed by atoms with E-state index in [2.05, 4.69) is 0 Å². The molecule has 1 rings (SSSR count). The van der Waals surface area contributed by atoms with Crippen LogP contribution in [0.25, 0.3) is 0 Å². The van der Waals surface area contributed by atoms with Crippen molar-refractivity contribution in [3.05, 3.63) is 33.9 Å². The predicted octanol–water partition coefficient (Wildman–Crippen LogP) is 2.55. The van der Waals surface area contributed by atoms with Crippen LogP contribution in [0.15, 0.2) is 12.1 Å². The second-order valence-corrected chi connectivity index (χ2v) is 2.81. The van der Waals surface area contributed by atoms with Crippen molar-refractivity contribution >= 4 is 11.4 Å². The highest BCUT2D eigenvalue weighted by molar-refractivity contribution is 5.51. The van der Waals surface area contributed by atoms with Gasteiger partial charge in [0.1, 0.15) is 5.69 Å². The van der Waals surface area contributed by atoms with Crippen LogP contribution in [0.3, 0.4) is 0 Å². The van der Waals surface area contributed by atoms with E-state index in [4.69, 9.17) is 0 Å². The molecule has 0 bridgehead atoms. The number of nitro benzene ring substituents is 1. The molecule has 1 N–H and O–H groups in total. The number of hydrogen-bond donors (Lipinski definition) is 1. The van der Waals surface area contributed by atoms with Gasteiger partial charge in [0.05, 0.1) is 23.6 Å². The summed E-state index contributed by atoms with van der Waals surface area (Å²) in [7, 11) is 0. The summed E-state index contributed by atoms with van der Waals surface area (Å²) >= 11 is 0. The Balaban J connectivity index is 2.98. The molecule has 16 heavy (non-hydrogen) atoms. The van der Waals surface area contributed by atoms with Gasteiger partial charge in [0, 0.05) is 0 Å². The van der Waals surface area contributed by atoms with E-state index in [1.54, 1.807) is 0 Å². The third-order valence-corrected chi connectivity index (χ3v) is 1.67. The lowest BCUT2D eigenvalue weighted by molar-refractivity contribution is -0.385. The van der Waals surface area contributed by atoms with Crippen molar-refractivity contribution in [3.8, 4) is 0 Å². The van der Waals surface area contributed by atoms with E-state index >= 15 is 0 Å². The number of halogens is 4. The molecule has 0 unspecified atom stereocenters. The van der Waals surface area contributed by atoms with Crippen LogP contribution in [0.2, 0.25) is 0 Å². The molecule has 0 atom stereocenters. The topological polar surface area (TPSA) is 55.2 Å². The largest absolute Gasteiger partial charge is 0.375 e. The van der Waals surface area contributed by atoms with Crippen LogP contribution in [-0.2, 0) is 0 Å². The number of nitrogens with zero attached hydrogens (tertiary/aromatic N) is 1. The van der Waals surface area contributed by atoms with Gasteiger partial charge in [-0.1, -0.05) is 0 Å². The van der Waals surface area contributed by atoms with Crippen molar-refractivity contribution < 1.29 is 22.5 Å². The number of nitro groups is 1. The van der Waals surface area contributed by atoms with Crippen molar-refractivity contribution in [2.24, 2.45) is 0 Å². The first kappa shape index (κ1) is 12.2. The lowest BCUT2D eigenvalue weighted by atomic mass is 10.2. The van der Waals surface area contributed by atoms with E-state index in [0.29, 0.717) is 12.1 Å². The Bertz CT molecular complexity index is 388. The summed E-state index contributed by atoms with van der Waals surface area (Å²) in [5.74, 6) is -2.57. The van der Waals surface area contributed by atoms with Crippen molar-refractivity contribution in [3.63, 3.8) is 0 Å². The molecule has 1 aromatic rings. The molecule has 0 spiro atoms. The zero-order valence-corrected chi connectivity index (χ0v) is 7.71. The van der Waals surface area contributed by atoms with Crippen molar-refractivity contribution in [1.29, 1.82) is 0 Å². The van der Waals surface area contributed by atoms with Gasteiger partial charge in [0.2, 0.25) is 0 Å². The minimum atomic E-state index is -2.78. The van der Waals surface area contributed by atoms with E-state index in [-0.39, 0.29) is 0 Å². The second-order valence-electron chi connectivity index (χ2n) is 2.81. The molecule has 0 aromatic heterocycles. The van der Waals surface area contributed by atoms with Crippen LogP contribution in [0.5, 0.6) is 0 Å². The minimum absolute atomic E-state index is 0.455. The average Bonchev–Trinajstić information content (AvgIpc) is 2.15. The molecular weight excluding hydrogens is 232 g/mol. The molecule has 0 aliphatic carbocycles. The molecule has 0 heterocycles. The Labute approximate surface area is 87.0 Å². The highest BCUT2D eigenvalue weighted by Gasteiger charge is 2.17. The molecule has 0 radical (unpaired) electrons. The van der Waals surface area contributed by atoms with E-state index in [1.165, 1.54) is 0 Å². The first-order chi connectivity index (χ1) is 7.41. The number of nitrogens with one attached hydrogen (secondary N) is 1. The van der Waals surface area contributed by atoms with Crippen LogP contribution in [-0.4, -0.2) is 17.9 Å². The van der Waals surface area contributed by atoms with Crippen molar-refractivity contribution in [2.45, 2.75) is 6.43 Å². The predicted molar refractivity (Wildman–Crippen MR) is 47.5 cm³/mol. The molecule has 0 amide bonds. The molecule has 0 saturated carbocycles. The highest BCUT2D eigenvalue weighted by atomic mass is 19.3. The maximum atomic E-state index is 13.1. The summed E-state index contributed by atoms with van der Waals surface area (Å²) in [6, 6.07) is 0.910. The zero-order valence-electron chi connectivity index (χ0n) is 7.71. The average molecular weight is 238 g/mol. The summed E-state index contributed by atoms with van der Waals surface area (Å²) in [5.41, 5.74) is -1.58. The molecule has 8 heteroatoms.